The Hall–Kier alpha value is -4.95. The molecule has 0 heterocycles. The van der Waals surface area contributed by atoms with Crippen LogP contribution in [0.5, 0.6) is 23.0 Å². The van der Waals surface area contributed by atoms with Crippen LogP contribution in [0.2, 0.25) is 0 Å². The summed E-state index contributed by atoms with van der Waals surface area (Å²) < 4.78 is 17.1. The molecule has 10 nitrogen and oxygen atoms in total. The van der Waals surface area contributed by atoms with E-state index in [1.807, 2.05) is 24.9 Å². The predicted molar refractivity (Wildman–Crippen MR) is 346 cm³/mol. The fraction of sp³-hybridized carbons (Fsp3) is 0.611. The molecule has 4 aromatic rings. The Balaban J connectivity index is 0.000000340. The molecule has 4 unspecified atom stereocenters. The zero-order valence-electron chi connectivity index (χ0n) is 55.7. The van der Waals surface area contributed by atoms with Gasteiger partial charge in [0.05, 0.1) is 24.2 Å². The van der Waals surface area contributed by atoms with E-state index in [9.17, 15) is 20.4 Å². The standard InChI is InChI=1S/2C36H54N2O2.2O.W/c2*1-33(2,3)25-17-23(31(39)27(19-25)35(7,8)9)21-37-29-15-13-14-16-30(29)38-22-24-18-26(34(4,5)6)20-28(32(24)40)36(10,11)12;;;/h2*17-22,29-30,39-40H,13-16H2,1-12H3;;;. The van der Waals surface area contributed by atoms with E-state index in [1.54, 1.807) is 0 Å². The Labute approximate surface area is 510 Å². The third-order valence-corrected chi connectivity index (χ3v) is 16.3. The van der Waals surface area contributed by atoms with Gasteiger partial charge in [0, 0.05) is 69.4 Å². The number of nitrogens with zero attached hydrogens (tertiary/aromatic N) is 4. The average Bonchev–Trinajstić information content (AvgIpc) is 3.52. The molecule has 0 radical (unpaired) electrons. The van der Waals surface area contributed by atoms with Crippen LogP contribution >= 0.6 is 0 Å². The Bertz CT molecular complexity index is 2630. The van der Waals surface area contributed by atoms with E-state index in [4.69, 9.17) is 26.8 Å². The average molecular weight is 1310 g/mol. The molecule has 4 atom stereocenters. The van der Waals surface area contributed by atoms with Crippen molar-refractivity contribution in [2.75, 3.05) is 0 Å². The van der Waals surface area contributed by atoms with Crippen molar-refractivity contribution in [2.45, 2.75) is 285 Å². The van der Waals surface area contributed by atoms with Gasteiger partial charge in [0.25, 0.3) is 0 Å². The van der Waals surface area contributed by atoms with E-state index >= 15 is 0 Å². The summed E-state index contributed by atoms with van der Waals surface area (Å²) in [7, 11) is 0. The third kappa shape index (κ3) is 19.5. The van der Waals surface area contributed by atoms with E-state index < -0.39 is 18.5 Å². The molecular formula is C72H108N4O6W. The predicted octanol–water partition coefficient (Wildman–Crippen LogP) is 18.0. The zero-order chi connectivity index (χ0) is 63.2. The summed E-state index contributed by atoms with van der Waals surface area (Å²) in [6.45, 7) is 52.1. The second kappa shape index (κ2) is 27.2. The SMILES string of the molecule is CC(C)(C)c1cc(C=NC2CCCCC2N=Cc2cc(C(C)(C)C)cc(C(C)(C)C)c2O)c(O)c(C(C)(C)C)c1.CC(C)(C)c1cc(C=NC2CCCCC2N=Cc2cc(C(C)(C)C)cc(C(C)(C)C)c2O)c(O)c(C(C)(C)C)c1.[O]=[W]=[O]. The van der Waals surface area contributed by atoms with Crippen molar-refractivity contribution in [2.24, 2.45) is 20.0 Å². The number of rotatable bonds is 8. The van der Waals surface area contributed by atoms with Crippen LogP contribution < -0.4 is 0 Å². The van der Waals surface area contributed by atoms with Crippen LogP contribution in [0, 0.1) is 0 Å². The van der Waals surface area contributed by atoms with Gasteiger partial charge in [-0.05, 0) is 116 Å². The van der Waals surface area contributed by atoms with Gasteiger partial charge in [-0.15, -0.1) is 0 Å². The van der Waals surface area contributed by atoms with E-state index in [0.29, 0.717) is 23.0 Å². The monoisotopic (exact) mass is 1310 g/mol. The molecule has 0 bridgehead atoms. The van der Waals surface area contributed by atoms with Crippen LogP contribution in [-0.4, -0.2) is 69.5 Å². The number of phenols is 4. The van der Waals surface area contributed by atoms with E-state index in [2.05, 4.69) is 215 Å². The van der Waals surface area contributed by atoms with E-state index in [1.165, 1.54) is 22.3 Å². The molecule has 458 valence electrons. The normalized spacial score (nSPS) is 19.0. The van der Waals surface area contributed by atoms with Gasteiger partial charge in [-0.2, -0.15) is 0 Å². The molecular weight excluding hydrogens is 1200 g/mol. The van der Waals surface area contributed by atoms with Gasteiger partial charge in [-0.1, -0.05) is 216 Å². The summed E-state index contributed by atoms with van der Waals surface area (Å²) in [4.78, 5) is 20.1. The second-order valence-corrected chi connectivity index (χ2v) is 32.4. The van der Waals surface area contributed by atoms with Crippen LogP contribution in [0.4, 0.5) is 0 Å². The summed E-state index contributed by atoms with van der Waals surface area (Å²) in [5.74, 6) is 1.27. The molecule has 2 aliphatic carbocycles. The summed E-state index contributed by atoms with van der Waals surface area (Å²) in [5.41, 5.74) is 10.8. The van der Waals surface area contributed by atoms with Gasteiger partial charge in [0.15, 0.2) is 0 Å². The van der Waals surface area contributed by atoms with Crippen LogP contribution in [0.15, 0.2) is 68.5 Å². The number of aromatic hydroxyl groups is 4. The summed E-state index contributed by atoms with van der Waals surface area (Å²) in [6.07, 6.45) is 15.8. The van der Waals surface area contributed by atoms with Crippen molar-refractivity contribution in [3.63, 3.8) is 0 Å². The Morgan fingerprint density at radius 3 is 0.602 bits per heavy atom. The molecule has 4 N–H and O–H groups in total. The molecule has 0 aliphatic heterocycles. The molecule has 0 saturated heterocycles. The van der Waals surface area contributed by atoms with Crippen LogP contribution in [0.3, 0.4) is 0 Å². The second-order valence-electron chi connectivity index (χ2n) is 31.9. The van der Waals surface area contributed by atoms with Gasteiger partial charge in [0.1, 0.15) is 23.0 Å². The third-order valence-electron chi connectivity index (χ3n) is 16.3. The topological polar surface area (TPSA) is 164 Å². The van der Waals surface area contributed by atoms with Crippen molar-refractivity contribution in [3.05, 3.63) is 115 Å². The first-order chi connectivity index (χ1) is 37.8. The van der Waals surface area contributed by atoms with Crippen LogP contribution in [-0.2, 0) is 68.6 Å². The van der Waals surface area contributed by atoms with Gasteiger partial charge in [0.2, 0.25) is 0 Å². The van der Waals surface area contributed by atoms with Crippen molar-refractivity contribution >= 4 is 24.9 Å². The molecule has 11 heteroatoms. The molecule has 2 aliphatic rings. The molecule has 0 aromatic heterocycles. The Morgan fingerprint density at radius 1 is 0.313 bits per heavy atom. The quantitative estimate of drug-likeness (QED) is 0.128. The van der Waals surface area contributed by atoms with Gasteiger partial charge in [-0.25, -0.2) is 0 Å². The number of benzene rings is 4. The van der Waals surface area contributed by atoms with Crippen LogP contribution in [0.25, 0.3) is 0 Å². The van der Waals surface area contributed by atoms with E-state index in [-0.39, 0.29) is 67.5 Å². The minimum atomic E-state index is -2.25. The molecule has 6 rings (SSSR count). The Morgan fingerprint density at radius 2 is 0.470 bits per heavy atom. The fourth-order valence-electron chi connectivity index (χ4n) is 10.6. The summed E-state index contributed by atoms with van der Waals surface area (Å²) in [5, 5.41) is 44.9. The van der Waals surface area contributed by atoms with Crippen molar-refractivity contribution < 1.29 is 45.7 Å². The number of phenolic OH excluding ortho intramolecular Hbond substituents is 4. The van der Waals surface area contributed by atoms with Gasteiger partial charge < -0.3 is 20.4 Å². The molecule has 2 saturated carbocycles. The molecule has 0 amide bonds. The maximum atomic E-state index is 11.2. The molecule has 2 fully saturated rings. The first kappa shape index (κ1) is 70.5. The summed E-state index contributed by atoms with van der Waals surface area (Å²) in [6, 6.07) is 17.1. The number of aliphatic imine (C=N–C) groups is 4. The van der Waals surface area contributed by atoms with Crippen molar-refractivity contribution in [3.8, 4) is 23.0 Å². The van der Waals surface area contributed by atoms with Crippen LogP contribution in [0.1, 0.15) is 284 Å². The Kier molecular flexibility index (Phi) is 23.1. The number of hydrogen-bond donors (Lipinski definition) is 4. The van der Waals surface area contributed by atoms with Crippen molar-refractivity contribution in [1.82, 2.24) is 0 Å². The maximum absolute atomic E-state index is 11.2. The molecule has 0 spiro atoms. The fourth-order valence-corrected chi connectivity index (χ4v) is 10.6. The van der Waals surface area contributed by atoms with Gasteiger partial charge in [-0.3, -0.25) is 20.0 Å². The zero-order valence-corrected chi connectivity index (χ0v) is 58.6. The summed E-state index contributed by atoms with van der Waals surface area (Å²) >= 11 is -2.25. The minimum absolute atomic E-state index is 0.0378. The van der Waals surface area contributed by atoms with E-state index in [0.717, 1.165) is 95.9 Å². The van der Waals surface area contributed by atoms with Gasteiger partial charge >= 0.3 is 25.3 Å². The number of hydrogen-bond acceptors (Lipinski definition) is 10. The first-order valence-corrected chi connectivity index (χ1v) is 32.8. The first-order valence-electron chi connectivity index (χ1n) is 30.4. The molecule has 83 heavy (non-hydrogen) atoms. The molecule has 4 aromatic carbocycles. The van der Waals surface area contributed by atoms with Crippen molar-refractivity contribution in [1.29, 1.82) is 0 Å².